The minimum Gasteiger partial charge on any atom is -0.480 e. The minimum absolute atomic E-state index is 0.118. The summed E-state index contributed by atoms with van der Waals surface area (Å²) >= 11 is 0. The third-order valence-corrected chi connectivity index (χ3v) is 3.56. The van der Waals surface area contributed by atoms with E-state index < -0.39 is 11.6 Å². The quantitative estimate of drug-likeness (QED) is 0.790. The molecule has 1 fully saturated rings. The van der Waals surface area contributed by atoms with Gasteiger partial charge in [-0.1, -0.05) is 6.42 Å². The van der Waals surface area contributed by atoms with Crippen LogP contribution in [-0.2, 0) is 10.4 Å². The Morgan fingerprint density at radius 2 is 1.95 bits per heavy atom. The van der Waals surface area contributed by atoms with Crippen molar-refractivity contribution in [2.24, 2.45) is 0 Å². The maximum absolute atomic E-state index is 14.8. The molecule has 0 N–H and O–H groups in total. The van der Waals surface area contributed by atoms with Gasteiger partial charge in [-0.25, -0.2) is 14.2 Å². The van der Waals surface area contributed by atoms with Crippen LogP contribution in [0, 0.1) is 0 Å². The molecule has 104 valence electrons. The van der Waals surface area contributed by atoms with Crippen LogP contribution in [0.2, 0.25) is 0 Å². The molecule has 1 aromatic heterocycles. The molecule has 0 radical (unpaired) electrons. The summed E-state index contributed by atoms with van der Waals surface area (Å²) in [4.78, 5) is 15.7. The molecule has 1 heterocycles. The van der Waals surface area contributed by atoms with Gasteiger partial charge < -0.3 is 9.47 Å². The summed E-state index contributed by atoms with van der Waals surface area (Å²) in [6, 6.07) is 3.07. The van der Waals surface area contributed by atoms with E-state index in [1.54, 1.807) is 6.07 Å². The largest absolute Gasteiger partial charge is 0.480 e. The van der Waals surface area contributed by atoms with Crippen molar-refractivity contribution < 1.29 is 18.7 Å². The van der Waals surface area contributed by atoms with Crippen LogP contribution in [0.5, 0.6) is 5.88 Å². The number of carbonyl (C=O) groups is 1. The second-order valence-electron chi connectivity index (χ2n) is 4.77. The zero-order chi connectivity index (χ0) is 13.9. The molecule has 1 aliphatic rings. The second-order valence-corrected chi connectivity index (χ2v) is 4.77. The van der Waals surface area contributed by atoms with Crippen molar-refractivity contribution in [3.63, 3.8) is 0 Å². The standard InChI is InChI=1S/C14H18FNO3/c1-18-12-10(13(17)19-2)6-7-11(16-12)14(15)8-4-3-5-9-14/h6-7H,3-5,8-9H2,1-2H3. The van der Waals surface area contributed by atoms with E-state index in [9.17, 15) is 9.18 Å². The molecule has 0 spiro atoms. The summed E-state index contributed by atoms with van der Waals surface area (Å²) < 4.78 is 24.5. The Balaban J connectivity index is 2.35. The van der Waals surface area contributed by atoms with Gasteiger partial charge in [0, 0.05) is 0 Å². The molecule has 19 heavy (non-hydrogen) atoms. The molecule has 0 amide bonds. The first-order valence-electron chi connectivity index (χ1n) is 6.43. The lowest BCUT2D eigenvalue weighted by atomic mass is 9.83. The number of halogens is 1. The normalized spacial score (nSPS) is 17.8. The van der Waals surface area contributed by atoms with E-state index in [0.717, 1.165) is 19.3 Å². The lowest BCUT2D eigenvalue weighted by molar-refractivity contribution is 0.0594. The summed E-state index contributed by atoms with van der Waals surface area (Å²) in [5, 5.41) is 0. The summed E-state index contributed by atoms with van der Waals surface area (Å²) in [6.45, 7) is 0. The fourth-order valence-electron chi connectivity index (χ4n) is 2.48. The number of esters is 1. The first-order chi connectivity index (χ1) is 9.10. The highest BCUT2D eigenvalue weighted by molar-refractivity contribution is 5.91. The van der Waals surface area contributed by atoms with Crippen LogP contribution in [0.25, 0.3) is 0 Å². The van der Waals surface area contributed by atoms with Crippen LogP contribution in [0.4, 0.5) is 4.39 Å². The molecule has 2 rings (SSSR count). The van der Waals surface area contributed by atoms with Gasteiger partial charge in [0.2, 0.25) is 5.88 Å². The van der Waals surface area contributed by atoms with E-state index in [1.165, 1.54) is 20.3 Å². The van der Waals surface area contributed by atoms with Crippen LogP contribution < -0.4 is 4.74 Å². The van der Waals surface area contributed by atoms with Crippen LogP contribution in [-0.4, -0.2) is 25.2 Å². The third-order valence-electron chi connectivity index (χ3n) is 3.56. The smallest absolute Gasteiger partial charge is 0.343 e. The maximum Gasteiger partial charge on any atom is 0.343 e. The number of nitrogens with zero attached hydrogens (tertiary/aromatic N) is 1. The first-order valence-corrected chi connectivity index (χ1v) is 6.43. The van der Waals surface area contributed by atoms with Crippen LogP contribution in [0.15, 0.2) is 12.1 Å². The van der Waals surface area contributed by atoms with Gasteiger partial charge in [-0.3, -0.25) is 0 Å². The molecule has 5 heteroatoms. The van der Waals surface area contributed by atoms with Crippen LogP contribution in [0.1, 0.15) is 48.2 Å². The summed E-state index contributed by atoms with van der Waals surface area (Å²) in [6.07, 6.45) is 3.73. The Bertz CT molecular complexity index is 470. The van der Waals surface area contributed by atoms with Gasteiger partial charge in [-0.05, 0) is 37.8 Å². The Morgan fingerprint density at radius 1 is 1.26 bits per heavy atom. The van der Waals surface area contributed by atoms with Crippen molar-refractivity contribution in [3.8, 4) is 5.88 Å². The van der Waals surface area contributed by atoms with Gasteiger partial charge in [0.15, 0.2) is 5.67 Å². The average molecular weight is 267 g/mol. The monoisotopic (exact) mass is 267 g/mol. The first kappa shape index (κ1) is 13.8. The molecular weight excluding hydrogens is 249 g/mol. The minimum atomic E-state index is -1.40. The van der Waals surface area contributed by atoms with Crippen molar-refractivity contribution in [2.75, 3.05) is 14.2 Å². The summed E-state index contributed by atoms with van der Waals surface area (Å²) in [5.41, 5.74) is -0.843. The number of pyridine rings is 1. The lowest BCUT2D eigenvalue weighted by Gasteiger charge is -2.29. The molecular formula is C14H18FNO3. The van der Waals surface area contributed by atoms with E-state index in [0.29, 0.717) is 18.5 Å². The van der Waals surface area contributed by atoms with Crippen LogP contribution in [0.3, 0.4) is 0 Å². The number of hydrogen-bond acceptors (Lipinski definition) is 4. The van der Waals surface area contributed by atoms with Crippen molar-refractivity contribution >= 4 is 5.97 Å². The topological polar surface area (TPSA) is 48.4 Å². The fraction of sp³-hybridized carbons (Fsp3) is 0.571. The van der Waals surface area contributed by atoms with E-state index in [-0.39, 0.29) is 11.4 Å². The molecule has 0 aromatic carbocycles. The molecule has 4 nitrogen and oxygen atoms in total. The number of methoxy groups -OCH3 is 2. The molecule has 1 saturated carbocycles. The predicted molar refractivity (Wildman–Crippen MR) is 68.0 cm³/mol. The number of ether oxygens (including phenoxy) is 2. The highest BCUT2D eigenvalue weighted by Gasteiger charge is 2.36. The predicted octanol–water partition coefficient (Wildman–Crippen LogP) is 3.01. The van der Waals surface area contributed by atoms with Gasteiger partial charge in [-0.2, -0.15) is 0 Å². The number of alkyl halides is 1. The fourth-order valence-corrected chi connectivity index (χ4v) is 2.48. The van der Waals surface area contributed by atoms with Crippen molar-refractivity contribution in [1.29, 1.82) is 0 Å². The SMILES string of the molecule is COC(=O)c1ccc(C2(F)CCCCC2)nc1OC. The van der Waals surface area contributed by atoms with Crippen LogP contribution >= 0.6 is 0 Å². The Morgan fingerprint density at radius 3 is 2.53 bits per heavy atom. The van der Waals surface area contributed by atoms with Crippen molar-refractivity contribution in [3.05, 3.63) is 23.4 Å². The van der Waals surface area contributed by atoms with E-state index >= 15 is 0 Å². The van der Waals surface area contributed by atoms with Gasteiger partial charge in [0.1, 0.15) is 5.56 Å². The number of aromatic nitrogens is 1. The van der Waals surface area contributed by atoms with Gasteiger partial charge in [0.25, 0.3) is 0 Å². The summed E-state index contributed by atoms with van der Waals surface area (Å²) in [7, 11) is 2.69. The number of carbonyl (C=O) groups excluding carboxylic acids is 1. The van der Waals surface area contributed by atoms with Gasteiger partial charge in [-0.15, -0.1) is 0 Å². The number of hydrogen-bond donors (Lipinski definition) is 0. The molecule has 0 atom stereocenters. The Kier molecular flexibility index (Phi) is 4.02. The lowest BCUT2D eigenvalue weighted by Crippen LogP contribution is -2.25. The average Bonchev–Trinajstić information content (AvgIpc) is 2.46. The Labute approximate surface area is 111 Å². The maximum atomic E-state index is 14.8. The zero-order valence-corrected chi connectivity index (χ0v) is 11.2. The van der Waals surface area contributed by atoms with Crippen molar-refractivity contribution in [1.82, 2.24) is 4.98 Å². The molecule has 0 saturated heterocycles. The van der Waals surface area contributed by atoms with E-state index in [2.05, 4.69) is 9.72 Å². The molecule has 0 unspecified atom stereocenters. The van der Waals surface area contributed by atoms with Gasteiger partial charge in [0.05, 0.1) is 19.9 Å². The summed E-state index contributed by atoms with van der Waals surface area (Å²) in [5.74, 6) is -0.417. The highest BCUT2D eigenvalue weighted by Crippen LogP contribution is 2.40. The number of rotatable bonds is 3. The third kappa shape index (κ3) is 2.69. The van der Waals surface area contributed by atoms with Crippen molar-refractivity contribution in [2.45, 2.75) is 37.8 Å². The zero-order valence-electron chi connectivity index (χ0n) is 11.2. The second kappa shape index (κ2) is 5.55. The molecule has 0 aliphatic heterocycles. The molecule has 0 bridgehead atoms. The highest BCUT2D eigenvalue weighted by atomic mass is 19.1. The molecule has 1 aromatic rings. The van der Waals surface area contributed by atoms with Gasteiger partial charge >= 0.3 is 5.97 Å². The Hall–Kier alpha value is -1.65. The van der Waals surface area contributed by atoms with E-state index in [1.807, 2.05) is 0 Å². The molecule has 1 aliphatic carbocycles. The van der Waals surface area contributed by atoms with E-state index in [4.69, 9.17) is 4.74 Å².